The number of anilines is 2. The standard InChI is InChI=1S/C19H10BrClF9N/c20-18(26,27)16(22,19(28,29)30)11-8-12(17(23,24)25)15(13(21)9-11)31-7-3-5-10-4-1-2-6-14(10)31/h1-6,8-9H,7H2. The van der Waals surface area contributed by atoms with Crippen molar-refractivity contribution in [3.8, 4) is 0 Å². The Balaban J connectivity index is 2.32. The maximum Gasteiger partial charge on any atom is 0.433 e. The molecule has 0 saturated heterocycles. The first kappa shape index (κ1) is 23.8. The van der Waals surface area contributed by atoms with Crippen LogP contribution in [0.4, 0.5) is 50.9 Å². The first-order chi connectivity index (χ1) is 14.1. The first-order valence-electron chi connectivity index (χ1n) is 8.35. The van der Waals surface area contributed by atoms with Crippen LogP contribution in [0.15, 0.2) is 42.5 Å². The van der Waals surface area contributed by atoms with Gasteiger partial charge in [-0.25, -0.2) is 4.39 Å². The van der Waals surface area contributed by atoms with Crippen LogP contribution in [0.2, 0.25) is 5.02 Å². The summed E-state index contributed by atoms with van der Waals surface area (Å²) in [6.07, 6.45) is -8.50. The van der Waals surface area contributed by atoms with Crippen molar-refractivity contribution in [2.24, 2.45) is 0 Å². The Morgan fingerprint density at radius 2 is 1.52 bits per heavy atom. The lowest BCUT2D eigenvalue weighted by molar-refractivity contribution is -0.282. The monoisotopic (exact) mass is 537 g/mol. The maximum absolute atomic E-state index is 14.7. The third-order valence-corrected chi connectivity index (χ3v) is 5.47. The van der Waals surface area contributed by atoms with Crippen LogP contribution in [-0.2, 0) is 11.8 Å². The van der Waals surface area contributed by atoms with E-state index in [1.54, 1.807) is 18.2 Å². The Hall–Kier alpha value is -1.88. The van der Waals surface area contributed by atoms with Crippen LogP contribution in [0, 0.1) is 0 Å². The Labute approximate surface area is 183 Å². The Bertz CT molecular complexity index is 1010. The molecule has 12 heteroatoms. The highest BCUT2D eigenvalue weighted by atomic mass is 79.9. The van der Waals surface area contributed by atoms with E-state index < -0.39 is 44.7 Å². The van der Waals surface area contributed by atoms with Crippen molar-refractivity contribution in [2.75, 3.05) is 11.4 Å². The van der Waals surface area contributed by atoms with Crippen LogP contribution in [0.5, 0.6) is 0 Å². The molecule has 1 nitrogen and oxygen atoms in total. The van der Waals surface area contributed by atoms with Crippen LogP contribution >= 0.6 is 27.5 Å². The van der Waals surface area contributed by atoms with Crippen molar-refractivity contribution < 1.29 is 39.5 Å². The minimum Gasteiger partial charge on any atom is -0.335 e. The molecule has 3 rings (SSSR count). The van der Waals surface area contributed by atoms with E-state index in [1.165, 1.54) is 34.1 Å². The van der Waals surface area contributed by atoms with Gasteiger partial charge in [0, 0.05) is 17.8 Å². The van der Waals surface area contributed by atoms with Crippen molar-refractivity contribution in [2.45, 2.75) is 22.9 Å². The van der Waals surface area contributed by atoms with Gasteiger partial charge in [-0.3, -0.25) is 0 Å². The second-order valence-corrected chi connectivity index (χ2v) is 7.98. The SMILES string of the molecule is FC(F)(F)c1cc(C(F)(C(F)(F)F)C(F)(F)Br)cc(Cl)c1N1CC=Cc2ccccc21. The number of fused-ring (bicyclic) bond motifs is 1. The number of para-hydroxylation sites is 1. The average molecular weight is 539 g/mol. The molecule has 2 aromatic carbocycles. The summed E-state index contributed by atoms with van der Waals surface area (Å²) in [4.78, 5) is -4.21. The summed E-state index contributed by atoms with van der Waals surface area (Å²) >= 11 is 7.20. The number of halogens is 11. The fourth-order valence-corrected chi connectivity index (χ4v) is 4.02. The number of nitrogens with zero attached hydrogens (tertiary/aromatic N) is 1. The quantitative estimate of drug-likeness (QED) is 0.281. The molecule has 0 fully saturated rings. The van der Waals surface area contributed by atoms with Crippen molar-refractivity contribution >= 4 is 45.0 Å². The molecule has 0 bridgehead atoms. The van der Waals surface area contributed by atoms with E-state index in [-0.39, 0.29) is 24.4 Å². The Kier molecular flexibility index (Phi) is 5.84. The summed E-state index contributed by atoms with van der Waals surface area (Å²) in [5.74, 6) is 0. The number of benzene rings is 2. The predicted molar refractivity (Wildman–Crippen MR) is 102 cm³/mol. The zero-order chi connectivity index (χ0) is 23.4. The van der Waals surface area contributed by atoms with E-state index >= 15 is 0 Å². The molecule has 1 atom stereocenters. The fraction of sp³-hybridized carbons (Fsp3) is 0.263. The second-order valence-electron chi connectivity index (χ2n) is 6.58. The summed E-state index contributed by atoms with van der Waals surface area (Å²) in [6, 6.07) is 6.00. The lowest BCUT2D eigenvalue weighted by Gasteiger charge is -2.35. The Morgan fingerprint density at radius 1 is 0.903 bits per heavy atom. The lowest BCUT2D eigenvalue weighted by atomic mass is 9.92. The molecule has 1 aliphatic heterocycles. The molecule has 0 aromatic heterocycles. The highest BCUT2D eigenvalue weighted by Gasteiger charge is 2.71. The van der Waals surface area contributed by atoms with Gasteiger partial charge in [-0.15, -0.1) is 0 Å². The van der Waals surface area contributed by atoms with Crippen LogP contribution in [0.3, 0.4) is 0 Å². The smallest absolute Gasteiger partial charge is 0.335 e. The maximum atomic E-state index is 14.7. The van der Waals surface area contributed by atoms with Gasteiger partial charge in [0.15, 0.2) is 0 Å². The van der Waals surface area contributed by atoms with Crippen molar-refractivity contribution in [3.05, 3.63) is 64.2 Å². The number of hydrogen-bond acceptors (Lipinski definition) is 1. The van der Waals surface area contributed by atoms with Gasteiger partial charge in [0.05, 0.1) is 16.3 Å². The zero-order valence-electron chi connectivity index (χ0n) is 14.9. The molecule has 0 aliphatic carbocycles. The minimum atomic E-state index is -6.26. The summed E-state index contributed by atoms with van der Waals surface area (Å²) in [5, 5.41) is -0.974. The van der Waals surface area contributed by atoms with Gasteiger partial charge in [0.25, 0.3) is 0 Å². The molecule has 0 amide bonds. The number of alkyl halides is 10. The zero-order valence-corrected chi connectivity index (χ0v) is 17.3. The molecule has 0 N–H and O–H groups in total. The van der Waals surface area contributed by atoms with Crippen LogP contribution < -0.4 is 4.90 Å². The molecule has 31 heavy (non-hydrogen) atoms. The molecular formula is C19H10BrClF9N. The highest BCUT2D eigenvalue weighted by Crippen LogP contribution is 2.57. The summed E-state index contributed by atoms with van der Waals surface area (Å²) in [6.45, 7) is -0.145. The van der Waals surface area contributed by atoms with Crippen LogP contribution in [0.25, 0.3) is 6.08 Å². The van der Waals surface area contributed by atoms with Gasteiger partial charge < -0.3 is 4.90 Å². The van der Waals surface area contributed by atoms with Gasteiger partial charge in [0.2, 0.25) is 0 Å². The van der Waals surface area contributed by atoms with Gasteiger partial charge in [-0.2, -0.15) is 35.1 Å². The van der Waals surface area contributed by atoms with E-state index in [0.717, 1.165) is 4.90 Å². The minimum absolute atomic E-state index is 0.135. The third-order valence-electron chi connectivity index (χ3n) is 4.63. The van der Waals surface area contributed by atoms with Gasteiger partial charge >= 0.3 is 22.9 Å². The van der Waals surface area contributed by atoms with Crippen LogP contribution in [-0.4, -0.2) is 17.6 Å². The van der Waals surface area contributed by atoms with Gasteiger partial charge in [-0.05, 0) is 39.7 Å². The van der Waals surface area contributed by atoms with Crippen molar-refractivity contribution in [1.29, 1.82) is 0 Å². The van der Waals surface area contributed by atoms with Gasteiger partial charge in [-0.1, -0.05) is 42.0 Å². The van der Waals surface area contributed by atoms with E-state index in [9.17, 15) is 39.5 Å². The van der Waals surface area contributed by atoms with E-state index in [2.05, 4.69) is 0 Å². The Morgan fingerprint density at radius 3 is 2.06 bits per heavy atom. The first-order valence-corrected chi connectivity index (χ1v) is 9.53. The predicted octanol–water partition coefficient (Wildman–Crippen LogP) is 8.24. The molecule has 0 spiro atoms. The summed E-state index contributed by atoms with van der Waals surface area (Å²) < 4.78 is 123. The lowest BCUT2D eigenvalue weighted by Crippen LogP contribution is -2.49. The van der Waals surface area contributed by atoms with Crippen molar-refractivity contribution in [1.82, 2.24) is 0 Å². The van der Waals surface area contributed by atoms with E-state index in [4.69, 9.17) is 11.6 Å². The second kappa shape index (κ2) is 7.61. The molecule has 1 heterocycles. The molecule has 168 valence electrons. The largest absolute Gasteiger partial charge is 0.433 e. The van der Waals surface area contributed by atoms with Crippen LogP contribution in [0.1, 0.15) is 16.7 Å². The molecule has 1 aliphatic rings. The van der Waals surface area contributed by atoms with Crippen molar-refractivity contribution in [3.63, 3.8) is 0 Å². The molecule has 2 aromatic rings. The molecule has 0 radical (unpaired) electrons. The molecular weight excluding hydrogens is 529 g/mol. The molecule has 1 unspecified atom stereocenters. The summed E-state index contributed by atoms with van der Waals surface area (Å²) in [7, 11) is 0. The normalized spacial score (nSPS) is 16.8. The third kappa shape index (κ3) is 4.02. The number of hydrogen-bond donors (Lipinski definition) is 0. The average Bonchev–Trinajstić information content (AvgIpc) is 2.64. The van der Waals surface area contributed by atoms with E-state index in [0.29, 0.717) is 5.56 Å². The van der Waals surface area contributed by atoms with E-state index in [1.807, 2.05) is 0 Å². The highest BCUT2D eigenvalue weighted by molar-refractivity contribution is 9.10. The number of rotatable bonds is 3. The molecule has 0 saturated carbocycles. The summed E-state index contributed by atoms with van der Waals surface area (Å²) in [5.41, 5.74) is -9.28. The fourth-order valence-electron chi connectivity index (χ4n) is 3.25. The van der Waals surface area contributed by atoms with Gasteiger partial charge in [0.1, 0.15) is 0 Å². The topological polar surface area (TPSA) is 3.24 Å².